The van der Waals surface area contributed by atoms with E-state index in [2.05, 4.69) is 0 Å². The molecule has 0 heterocycles. The second-order valence-electron chi connectivity index (χ2n) is 4.31. The maximum Gasteiger partial charge on any atom is 0.435 e. The van der Waals surface area contributed by atoms with E-state index in [-0.39, 0.29) is 0 Å². The van der Waals surface area contributed by atoms with E-state index in [4.69, 9.17) is 0 Å². The first-order valence-electron chi connectivity index (χ1n) is 4.83. The fourth-order valence-corrected chi connectivity index (χ4v) is 1.53. The van der Waals surface area contributed by atoms with Gasteiger partial charge in [0.1, 0.15) is 0 Å². The maximum absolute atomic E-state index is 13.6. The van der Waals surface area contributed by atoms with Crippen LogP contribution >= 0.6 is 0 Å². The fourth-order valence-electron chi connectivity index (χ4n) is 1.53. The van der Waals surface area contributed by atoms with E-state index in [9.17, 15) is 65.9 Å². The van der Waals surface area contributed by atoms with Gasteiger partial charge in [-0.3, -0.25) is 0 Å². The van der Waals surface area contributed by atoms with Gasteiger partial charge in [-0.15, -0.1) is 0 Å². The Hall–Kier alpha value is -1.05. The highest BCUT2D eigenvalue weighted by molar-refractivity contribution is 5.23. The standard InChI is InChI=1S/C8H3F15/c1-2(9,5(12,13)14)3(10,6(15,16)17)4(11,7(18,19)20)8(21,22)23/h1H3. The van der Waals surface area contributed by atoms with Crippen molar-refractivity contribution in [3.63, 3.8) is 0 Å². The topological polar surface area (TPSA) is 0 Å². The Morgan fingerprint density at radius 1 is 0.348 bits per heavy atom. The van der Waals surface area contributed by atoms with E-state index in [0.717, 1.165) is 0 Å². The van der Waals surface area contributed by atoms with Crippen molar-refractivity contribution in [3.05, 3.63) is 0 Å². The molecule has 2 atom stereocenters. The molecule has 15 heteroatoms. The predicted molar refractivity (Wildman–Crippen MR) is 41.4 cm³/mol. The van der Waals surface area contributed by atoms with Crippen LogP contribution in [0.4, 0.5) is 65.9 Å². The molecular weight excluding hydrogens is 381 g/mol. The average Bonchev–Trinajstić information content (AvgIpc) is 2.19. The van der Waals surface area contributed by atoms with Crippen molar-refractivity contribution in [3.8, 4) is 0 Å². The van der Waals surface area contributed by atoms with Gasteiger partial charge in [0.2, 0.25) is 5.67 Å². The highest BCUT2D eigenvalue weighted by Crippen LogP contribution is 2.65. The molecular formula is C8H3F15. The minimum atomic E-state index is -8.23. The Balaban J connectivity index is 7.12. The van der Waals surface area contributed by atoms with Crippen molar-refractivity contribution in [1.29, 1.82) is 0 Å². The monoisotopic (exact) mass is 384 g/mol. The van der Waals surface area contributed by atoms with Crippen LogP contribution in [0.3, 0.4) is 0 Å². The van der Waals surface area contributed by atoms with Gasteiger partial charge >= 0.3 is 30.4 Å². The van der Waals surface area contributed by atoms with Gasteiger partial charge in [0.25, 0.3) is 5.67 Å². The average molecular weight is 384 g/mol. The number of hydrogen-bond acceptors (Lipinski definition) is 0. The fraction of sp³-hybridized carbons (Fsp3) is 1.00. The molecule has 0 aromatic rings. The summed E-state index contributed by atoms with van der Waals surface area (Å²) in [5, 5.41) is 0. The first kappa shape index (κ1) is 21.9. The lowest BCUT2D eigenvalue weighted by atomic mass is 9.72. The van der Waals surface area contributed by atoms with Crippen LogP contribution in [0.25, 0.3) is 0 Å². The zero-order valence-electron chi connectivity index (χ0n) is 10.2. The Kier molecular flexibility index (Phi) is 4.75. The minimum Gasteiger partial charge on any atom is -0.230 e. The summed E-state index contributed by atoms with van der Waals surface area (Å²) in [6.45, 7) is -1.62. The molecule has 0 spiro atoms. The lowest BCUT2D eigenvalue weighted by Crippen LogP contribution is -2.79. The number of alkyl halides is 15. The summed E-state index contributed by atoms with van der Waals surface area (Å²) in [6.07, 6.45) is -31.0. The molecule has 0 bridgehead atoms. The SMILES string of the molecule is CC(F)(C(F)(F)F)C(F)(C(F)(F)F)C(F)(C(F)(F)F)C(F)(F)F. The van der Waals surface area contributed by atoms with Crippen molar-refractivity contribution in [2.24, 2.45) is 0 Å². The Labute approximate surface area is 116 Å². The quantitative estimate of drug-likeness (QED) is 0.561. The molecule has 2 unspecified atom stereocenters. The Morgan fingerprint density at radius 3 is 0.696 bits per heavy atom. The van der Waals surface area contributed by atoms with Crippen LogP contribution in [0.5, 0.6) is 0 Å². The lowest BCUT2D eigenvalue weighted by Gasteiger charge is -2.47. The van der Waals surface area contributed by atoms with E-state index in [0.29, 0.717) is 0 Å². The van der Waals surface area contributed by atoms with Gasteiger partial charge in [0.15, 0.2) is 0 Å². The van der Waals surface area contributed by atoms with Crippen molar-refractivity contribution >= 4 is 0 Å². The maximum atomic E-state index is 13.6. The largest absolute Gasteiger partial charge is 0.435 e. The van der Waals surface area contributed by atoms with Crippen molar-refractivity contribution in [1.82, 2.24) is 0 Å². The van der Waals surface area contributed by atoms with Crippen LogP contribution in [0, 0.1) is 0 Å². The highest BCUT2D eigenvalue weighted by atomic mass is 19.4. The number of hydrogen-bond donors (Lipinski definition) is 0. The van der Waals surface area contributed by atoms with E-state index < -0.39 is 48.6 Å². The molecule has 0 aromatic carbocycles. The zero-order chi connectivity index (χ0) is 19.5. The van der Waals surface area contributed by atoms with Crippen LogP contribution < -0.4 is 0 Å². The molecule has 0 radical (unpaired) electrons. The molecule has 0 fully saturated rings. The summed E-state index contributed by atoms with van der Waals surface area (Å²) in [6, 6.07) is 0. The smallest absolute Gasteiger partial charge is 0.230 e. The first-order valence-corrected chi connectivity index (χ1v) is 4.83. The molecule has 140 valence electrons. The van der Waals surface area contributed by atoms with Crippen LogP contribution in [-0.2, 0) is 0 Å². The summed E-state index contributed by atoms with van der Waals surface area (Å²) >= 11 is 0. The first-order chi connectivity index (χ1) is 9.50. The molecule has 0 aromatic heterocycles. The summed E-state index contributed by atoms with van der Waals surface area (Å²) in [7, 11) is 0. The lowest BCUT2D eigenvalue weighted by molar-refractivity contribution is -0.451. The molecule has 0 aliphatic rings. The summed E-state index contributed by atoms with van der Waals surface area (Å²) in [5.74, 6) is 0. The third-order valence-electron chi connectivity index (χ3n) is 2.83. The Bertz CT molecular complexity index is 416. The minimum absolute atomic E-state index is 1.62. The summed E-state index contributed by atoms with van der Waals surface area (Å²) < 4.78 is 187. The van der Waals surface area contributed by atoms with E-state index >= 15 is 0 Å². The van der Waals surface area contributed by atoms with Gasteiger partial charge in [-0.2, -0.15) is 52.7 Å². The van der Waals surface area contributed by atoms with E-state index in [1.54, 1.807) is 0 Å². The third kappa shape index (κ3) is 2.68. The van der Waals surface area contributed by atoms with Gasteiger partial charge in [0, 0.05) is 0 Å². The molecule has 0 N–H and O–H groups in total. The second-order valence-corrected chi connectivity index (χ2v) is 4.31. The van der Waals surface area contributed by atoms with Gasteiger partial charge in [-0.05, 0) is 6.92 Å². The van der Waals surface area contributed by atoms with Gasteiger partial charge in [-0.1, -0.05) is 0 Å². The molecule has 0 saturated heterocycles. The van der Waals surface area contributed by atoms with Crippen LogP contribution in [-0.4, -0.2) is 41.7 Å². The van der Waals surface area contributed by atoms with Crippen LogP contribution in [0.2, 0.25) is 0 Å². The molecule has 0 aliphatic carbocycles. The van der Waals surface area contributed by atoms with Crippen LogP contribution in [0.15, 0.2) is 0 Å². The normalized spacial score (nSPS) is 20.9. The summed E-state index contributed by atoms with van der Waals surface area (Å²) in [5.41, 5.74) is -23.2. The molecule has 0 saturated carbocycles. The molecule has 0 aliphatic heterocycles. The van der Waals surface area contributed by atoms with Gasteiger partial charge < -0.3 is 0 Å². The predicted octanol–water partition coefficient (Wildman–Crippen LogP) is 5.38. The van der Waals surface area contributed by atoms with Gasteiger partial charge in [-0.25, -0.2) is 13.2 Å². The van der Waals surface area contributed by atoms with Crippen LogP contribution in [0.1, 0.15) is 6.92 Å². The second kappa shape index (κ2) is 4.97. The van der Waals surface area contributed by atoms with E-state index in [1.165, 1.54) is 0 Å². The van der Waals surface area contributed by atoms with Gasteiger partial charge in [0.05, 0.1) is 0 Å². The number of rotatable bonds is 2. The summed E-state index contributed by atoms with van der Waals surface area (Å²) in [4.78, 5) is 0. The van der Waals surface area contributed by atoms with Crippen molar-refractivity contribution in [2.75, 3.05) is 0 Å². The Morgan fingerprint density at radius 2 is 0.565 bits per heavy atom. The third-order valence-corrected chi connectivity index (χ3v) is 2.83. The molecule has 0 rings (SSSR count). The zero-order valence-corrected chi connectivity index (χ0v) is 10.2. The molecule has 0 amide bonds. The molecule has 0 nitrogen and oxygen atoms in total. The van der Waals surface area contributed by atoms with Crippen molar-refractivity contribution in [2.45, 2.75) is 48.6 Å². The molecule has 23 heavy (non-hydrogen) atoms. The number of halogens is 15. The van der Waals surface area contributed by atoms with Crippen molar-refractivity contribution < 1.29 is 65.9 Å². The van der Waals surface area contributed by atoms with E-state index in [1.807, 2.05) is 0 Å². The highest BCUT2D eigenvalue weighted by Gasteiger charge is 2.96.